The molecule has 0 fully saturated rings. The fraction of sp³-hybridized carbons (Fsp3) is 0.286. The van der Waals surface area contributed by atoms with Crippen LogP contribution < -0.4 is 5.32 Å². The van der Waals surface area contributed by atoms with E-state index < -0.39 is 0 Å². The quantitative estimate of drug-likeness (QED) is 0.855. The molecule has 1 unspecified atom stereocenters. The first-order valence-corrected chi connectivity index (χ1v) is 6.56. The number of rotatable bonds is 2. The Balaban J connectivity index is 2.09. The number of halogens is 2. The van der Waals surface area contributed by atoms with Crippen molar-refractivity contribution in [1.82, 2.24) is 9.97 Å². The van der Waals surface area contributed by atoms with Gasteiger partial charge < -0.3 is 5.32 Å². The molecule has 1 aromatic heterocycles. The highest BCUT2D eigenvalue weighted by atomic mass is 35.5. The minimum absolute atomic E-state index is 0.0956. The molecule has 2 aromatic rings. The first-order valence-electron chi connectivity index (χ1n) is 6.18. The zero-order valence-electron chi connectivity index (χ0n) is 10.5. The number of nitrogens with one attached hydrogen (secondary N) is 1. The van der Waals surface area contributed by atoms with Gasteiger partial charge in [0.2, 0.25) is 5.28 Å². The number of hydrogen-bond donors (Lipinski definition) is 1. The van der Waals surface area contributed by atoms with Crippen LogP contribution in [-0.4, -0.2) is 17.0 Å². The van der Waals surface area contributed by atoms with Crippen LogP contribution in [0.2, 0.25) is 5.28 Å². The average molecular weight is 278 g/mol. The van der Waals surface area contributed by atoms with Crippen LogP contribution in [0.4, 0.5) is 10.2 Å². The summed E-state index contributed by atoms with van der Waals surface area (Å²) in [6.07, 6.45) is 1.78. The summed E-state index contributed by atoms with van der Waals surface area (Å²) in [5, 5.41) is 3.27. The van der Waals surface area contributed by atoms with Crippen molar-refractivity contribution < 1.29 is 4.39 Å². The normalized spacial score (nSPS) is 17.3. The lowest BCUT2D eigenvalue weighted by molar-refractivity contribution is 0.622. The van der Waals surface area contributed by atoms with Gasteiger partial charge in [0.05, 0.1) is 5.69 Å². The Labute approximate surface area is 115 Å². The third-order valence-electron chi connectivity index (χ3n) is 3.51. The molecule has 1 N–H and O–H groups in total. The number of fused-ring (bicyclic) bond motifs is 1. The van der Waals surface area contributed by atoms with Crippen molar-refractivity contribution in [2.45, 2.75) is 18.8 Å². The molecule has 98 valence electrons. The second-order valence-electron chi connectivity index (χ2n) is 4.60. The van der Waals surface area contributed by atoms with Crippen molar-refractivity contribution >= 4 is 17.4 Å². The summed E-state index contributed by atoms with van der Waals surface area (Å²) in [6, 6.07) is 6.67. The SMILES string of the molecule is CNc1nc(Cl)nc2c1CCC2c1cccc(F)c1. The van der Waals surface area contributed by atoms with Crippen LogP contribution in [0.25, 0.3) is 0 Å². The largest absolute Gasteiger partial charge is 0.373 e. The molecule has 0 spiro atoms. The van der Waals surface area contributed by atoms with Gasteiger partial charge in [0.1, 0.15) is 11.6 Å². The number of hydrogen-bond acceptors (Lipinski definition) is 3. The smallest absolute Gasteiger partial charge is 0.224 e. The first kappa shape index (κ1) is 12.4. The van der Waals surface area contributed by atoms with Gasteiger partial charge in [-0.1, -0.05) is 12.1 Å². The Morgan fingerprint density at radius 1 is 1.37 bits per heavy atom. The van der Waals surface area contributed by atoms with Gasteiger partial charge in [0.25, 0.3) is 0 Å². The van der Waals surface area contributed by atoms with Crippen molar-refractivity contribution in [3.63, 3.8) is 0 Å². The van der Waals surface area contributed by atoms with E-state index in [0.29, 0.717) is 0 Å². The van der Waals surface area contributed by atoms with Crippen molar-refractivity contribution in [3.05, 3.63) is 52.2 Å². The Kier molecular flexibility index (Phi) is 3.11. The van der Waals surface area contributed by atoms with Crippen LogP contribution in [0.5, 0.6) is 0 Å². The molecular formula is C14H13ClFN3. The van der Waals surface area contributed by atoms with Crippen LogP contribution in [-0.2, 0) is 6.42 Å². The van der Waals surface area contributed by atoms with Crippen LogP contribution >= 0.6 is 11.6 Å². The molecular weight excluding hydrogens is 265 g/mol. The summed E-state index contributed by atoms with van der Waals surface area (Å²) in [5.74, 6) is 0.646. The van der Waals surface area contributed by atoms with Gasteiger partial charge in [0, 0.05) is 18.5 Å². The fourth-order valence-electron chi connectivity index (χ4n) is 2.69. The Hall–Kier alpha value is -1.68. The van der Waals surface area contributed by atoms with Crippen LogP contribution in [0.15, 0.2) is 24.3 Å². The second kappa shape index (κ2) is 4.78. The summed E-state index contributed by atoms with van der Waals surface area (Å²) in [4.78, 5) is 8.52. The van der Waals surface area contributed by atoms with Crippen molar-refractivity contribution in [2.75, 3.05) is 12.4 Å². The monoisotopic (exact) mass is 277 g/mol. The molecule has 0 aliphatic heterocycles. The summed E-state index contributed by atoms with van der Waals surface area (Å²) in [5.41, 5.74) is 2.94. The average Bonchev–Trinajstić information content (AvgIpc) is 2.81. The van der Waals surface area contributed by atoms with E-state index in [4.69, 9.17) is 11.6 Å². The molecule has 1 aliphatic rings. The minimum atomic E-state index is -0.222. The standard InChI is InChI=1S/C14H13ClFN3/c1-17-13-11-6-5-10(12(11)18-14(15)19-13)8-3-2-4-9(16)7-8/h2-4,7,10H,5-6H2,1H3,(H,17,18,19). The van der Waals surface area contributed by atoms with Crippen molar-refractivity contribution in [2.24, 2.45) is 0 Å². The van der Waals surface area contributed by atoms with E-state index in [9.17, 15) is 4.39 Å². The van der Waals surface area contributed by atoms with Gasteiger partial charge in [-0.15, -0.1) is 0 Å². The third-order valence-corrected chi connectivity index (χ3v) is 3.68. The Morgan fingerprint density at radius 2 is 2.21 bits per heavy atom. The maximum absolute atomic E-state index is 13.4. The zero-order valence-corrected chi connectivity index (χ0v) is 11.2. The van der Waals surface area contributed by atoms with Crippen molar-refractivity contribution in [3.8, 4) is 0 Å². The molecule has 1 aliphatic carbocycles. The predicted octanol–water partition coefficient (Wildman–Crippen LogP) is 3.39. The molecule has 5 heteroatoms. The van der Waals surface area contributed by atoms with Gasteiger partial charge in [0.15, 0.2) is 0 Å². The van der Waals surface area contributed by atoms with Crippen LogP contribution in [0.1, 0.15) is 29.2 Å². The highest BCUT2D eigenvalue weighted by molar-refractivity contribution is 6.28. The maximum atomic E-state index is 13.4. The van der Waals surface area contributed by atoms with E-state index in [-0.39, 0.29) is 17.0 Å². The Morgan fingerprint density at radius 3 is 2.95 bits per heavy atom. The molecule has 0 radical (unpaired) electrons. The van der Waals surface area contributed by atoms with Crippen molar-refractivity contribution in [1.29, 1.82) is 0 Å². The molecule has 1 aromatic carbocycles. The number of benzene rings is 1. The molecule has 3 nitrogen and oxygen atoms in total. The third kappa shape index (κ3) is 2.16. The van der Waals surface area contributed by atoms with E-state index in [2.05, 4.69) is 15.3 Å². The van der Waals surface area contributed by atoms with Gasteiger partial charge >= 0.3 is 0 Å². The van der Waals surface area contributed by atoms with Gasteiger partial charge in [-0.2, -0.15) is 0 Å². The molecule has 0 saturated carbocycles. The van der Waals surface area contributed by atoms with Crippen LogP contribution in [0.3, 0.4) is 0 Å². The highest BCUT2D eigenvalue weighted by Crippen LogP contribution is 2.39. The molecule has 0 bridgehead atoms. The van der Waals surface area contributed by atoms with Gasteiger partial charge in [-0.3, -0.25) is 0 Å². The molecule has 1 heterocycles. The van der Waals surface area contributed by atoms with E-state index >= 15 is 0 Å². The zero-order chi connectivity index (χ0) is 13.4. The predicted molar refractivity (Wildman–Crippen MR) is 73.2 cm³/mol. The summed E-state index contributed by atoms with van der Waals surface area (Å²) in [7, 11) is 1.81. The summed E-state index contributed by atoms with van der Waals surface area (Å²) < 4.78 is 13.4. The highest BCUT2D eigenvalue weighted by Gasteiger charge is 2.29. The van der Waals surface area contributed by atoms with Crippen LogP contribution in [0, 0.1) is 5.82 Å². The van der Waals surface area contributed by atoms with E-state index in [1.807, 2.05) is 13.1 Å². The Bertz CT molecular complexity index is 630. The van der Waals surface area contributed by atoms with E-state index in [1.54, 1.807) is 12.1 Å². The maximum Gasteiger partial charge on any atom is 0.224 e. The van der Waals surface area contributed by atoms with Gasteiger partial charge in [-0.05, 0) is 42.1 Å². The fourth-order valence-corrected chi connectivity index (χ4v) is 2.86. The lowest BCUT2D eigenvalue weighted by Gasteiger charge is -2.12. The number of anilines is 1. The molecule has 1 atom stereocenters. The summed E-state index contributed by atoms with van der Waals surface area (Å²) >= 11 is 5.96. The molecule has 0 amide bonds. The molecule has 0 saturated heterocycles. The number of aromatic nitrogens is 2. The second-order valence-corrected chi connectivity index (χ2v) is 4.94. The lowest BCUT2D eigenvalue weighted by Crippen LogP contribution is -2.04. The lowest BCUT2D eigenvalue weighted by atomic mass is 9.97. The number of nitrogens with zero attached hydrogens (tertiary/aromatic N) is 2. The van der Waals surface area contributed by atoms with E-state index in [1.165, 1.54) is 6.07 Å². The molecule has 19 heavy (non-hydrogen) atoms. The van der Waals surface area contributed by atoms with Gasteiger partial charge in [-0.25, -0.2) is 14.4 Å². The first-order chi connectivity index (χ1) is 9.19. The topological polar surface area (TPSA) is 37.8 Å². The summed E-state index contributed by atoms with van der Waals surface area (Å²) in [6.45, 7) is 0. The van der Waals surface area contributed by atoms with E-state index in [0.717, 1.165) is 35.5 Å². The molecule has 3 rings (SSSR count). The minimum Gasteiger partial charge on any atom is -0.373 e.